The molecule has 0 unspecified atom stereocenters. The molecule has 170 valence electrons. The summed E-state index contributed by atoms with van der Waals surface area (Å²) < 4.78 is 5.10. The number of anilines is 2. The standard InChI is InChI=1S/C23H28N4O5/c1-4-25-11-13-26(14-12-25)21-10-9-17(23(29)32-5-2)15-19(21)24-22(28)18-7-6-8-20(16(18)3)27(30)31/h6-10,15H,4-5,11-14H2,1-3H3,(H,24,28). The zero-order valence-electron chi connectivity index (χ0n) is 18.6. The van der Waals surface area contributed by atoms with Gasteiger partial charge in [-0.3, -0.25) is 14.9 Å². The van der Waals surface area contributed by atoms with Crippen molar-refractivity contribution in [1.29, 1.82) is 0 Å². The van der Waals surface area contributed by atoms with E-state index in [1.807, 2.05) is 6.07 Å². The number of nitrogens with one attached hydrogen (secondary N) is 1. The van der Waals surface area contributed by atoms with Crippen LogP contribution in [-0.4, -0.2) is 61.0 Å². The van der Waals surface area contributed by atoms with E-state index in [2.05, 4.69) is 22.0 Å². The van der Waals surface area contributed by atoms with Crippen molar-refractivity contribution in [3.63, 3.8) is 0 Å². The smallest absolute Gasteiger partial charge is 0.338 e. The van der Waals surface area contributed by atoms with Gasteiger partial charge in [-0.25, -0.2) is 4.79 Å². The molecule has 0 aromatic heterocycles. The van der Waals surface area contributed by atoms with Crippen LogP contribution >= 0.6 is 0 Å². The molecule has 2 aromatic carbocycles. The molecule has 0 radical (unpaired) electrons. The molecule has 9 nitrogen and oxygen atoms in total. The van der Waals surface area contributed by atoms with E-state index in [0.29, 0.717) is 11.3 Å². The fraction of sp³-hybridized carbons (Fsp3) is 0.391. The third-order valence-electron chi connectivity index (χ3n) is 5.66. The summed E-state index contributed by atoms with van der Waals surface area (Å²) in [5.41, 5.74) is 1.97. The Morgan fingerprint density at radius 3 is 2.47 bits per heavy atom. The number of benzene rings is 2. The number of rotatable bonds is 7. The lowest BCUT2D eigenvalue weighted by atomic mass is 10.1. The molecule has 1 saturated heterocycles. The number of ether oxygens (including phenoxy) is 1. The molecule has 3 rings (SSSR count). The summed E-state index contributed by atoms with van der Waals surface area (Å²) in [5.74, 6) is -0.947. The molecule has 1 N–H and O–H groups in total. The second kappa shape index (κ2) is 10.2. The molecule has 0 aliphatic carbocycles. The summed E-state index contributed by atoms with van der Waals surface area (Å²) in [6, 6.07) is 9.50. The van der Waals surface area contributed by atoms with Crippen molar-refractivity contribution >= 4 is 28.9 Å². The average molecular weight is 441 g/mol. The first-order valence-corrected chi connectivity index (χ1v) is 10.7. The van der Waals surface area contributed by atoms with Crippen LogP contribution in [-0.2, 0) is 4.74 Å². The van der Waals surface area contributed by atoms with Crippen molar-refractivity contribution in [2.75, 3.05) is 49.5 Å². The lowest BCUT2D eigenvalue weighted by Gasteiger charge is -2.36. The van der Waals surface area contributed by atoms with Crippen LogP contribution in [0.5, 0.6) is 0 Å². The van der Waals surface area contributed by atoms with E-state index in [9.17, 15) is 19.7 Å². The number of hydrogen-bond donors (Lipinski definition) is 1. The van der Waals surface area contributed by atoms with Crippen LogP contribution in [0.25, 0.3) is 0 Å². The second-order valence-corrected chi connectivity index (χ2v) is 7.53. The van der Waals surface area contributed by atoms with Gasteiger partial charge in [-0.15, -0.1) is 0 Å². The van der Waals surface area contributed by atoms with Crippen LogP contribution in [0, 0.1) is 17.0 Å². The number of amides is 1. The Labute approximate surface area is 187 Å². The molecule has 9 heteroatoms. The Morgan fingerprint density at radius 2 is 1.84 bits per heavy atom. The minimum absolute atomic E-state index is 0.117. The van der Waals surface area contributed by atoms with Gasteiger partial charge in [0.25, 0.3) is 11.6 Å². The van der Waals surface area contributed by atoms with Gasteiger partial charge < -0.3 is 19.9 Å². The SMILES string of the molecule is CCOC(=O)c1ccc(N2CCN(CC)CC2)c(NC(=O)c2cccc([N+](=O)[O-])c2C)c1. The summed E-state index contributed by atoms with van der Waals surface area (Å²) in [5, 5.41) is 14.1. The molecule has 2 aromatic rings. The predicted octanol–water partition coefficient (Wildman–Crippen LogP) is 3.47. The van der Waals surface area contributed by atoms with E-state index in [0.717, 1.165) is 38.4 Å². The first kappa shape index (κ1) is 23.2. The quantitative estimate of drug-likeness (QED) is 0.399. The number of piperazine rings is 1. The summed E-state index contributed by atoms with van der Waals surface area (Å²) >= 11 is 0. The van der Waals surface area contributed by atoms with E-state index in [1.165, 1.54) is 12.1 Å². The van der Waals surface area contributed by atoms with Crippen LogP contribution in [0.3, 0.4) is 0 Å². The molecule has 0 saturated carbocycles. The van der Waals surface area contributed by atoms with Crippen molar-refractivity contribution in [2.45, 2.75) is 20.8 Å². The summed E-state index contributed by atoms with van der Waals surface area (Å²) in [7, 11) is 0. The lowest BCUT2D eigenvalue weighted by Crippen LogP contribution is -2.46. The zero-order chi connectivity index (χ0) is 23.3. The van der Waals surface area contributed by atoms with Gasteiger partial charge in [-0.05, 0) is 44.7 Å². The number of esters is 1. The molecule has 1 fully saturated rings. The summed E-state index contributed by atoms with van der Waals surface area (Å²) in [6.07, 6.45) is 0. The topological polar surface area (TPSA) is 105 Å². The predicted molar refractivity (Wildman–Crippen MR) is 123 cm³/mol. The van der Waals surface area contributed by atoms with E-state index in [-0.39, 0.29) is 23.4 Å². The Morgan fingerprint density at radius 1 is 1.12 bits per heavy atom. The minimum Gasteiger partial charge on any atom is -0.462 e. The lowest BCUT2D eigenvalue weighted by molar-refractivity contribution is -0.385. The molecule has 1 aliphatic rings. The van der Waals surface area contributed by atoms with Gasteiger partial charge in [0.1, 0.15) is 0 Å². The Hall–Kier alpha value is -3.46. The number of nitrogens with zero attached hydrogens (tertiary/aromatic N) is 3. The molecule has 32 heavy (non-hydrogen) atoms. The Kier molecular flexibility index (Phi) is 7.42. The van der Waals surface area contributed by atoms with E-state index < -0.39 is 16.8 Å². The van der Waals surface area contributed by atoms with Crippen LogP contribution in [0.4, 0.5) is 17.1 Å². The maximum absolute atomic E-state index is 13.1. The summed E-state index contributed by atoms with van der Waals surface area (Å²) in [4.78, 5) is 40.6. The average Bonchev–Trinajstić information content (AvgIpc) is 2.79. The molecule has 1 heterocycles. The highest BCUT2D eigenvalue weighted by atomic mass is 16.6. The van der Waals surface area contributed by atoms with Gasteiger partial charge in [0.15, 0.2) is 0 Å². The van der Waals surface area contributed by atoms with Gasteiger partial charge in [0, 0.05) is 43.4 Å². The molecule has 1 aliphatic heterocycles. The molecular formula is C23H28N4O5. The minimum atomic E-state index is -0.508. The van der Waals surface area contributed by atoms with Gasteiger partial charge >= 0.3 is 5.97 Å². The summed E-state index contributed by atoms with van der Waals surface area (Å²) in [6.45, 7) is 9.98. The number of nitro groups is 1. The number of carbonyl (C=O) groups excluding carboxylic acids is 2. The number of nitro benzene ring substituents is 1. The van der Waals surface area contributed by atoms with Crippen molar-refractivity contribution in [3.05, 3.63) is 63.2 Å². The van der Waals surface area contributed by atoms with E-state index >= 15 is 0 Å². The van der Waals surface area contributed by atoms with Crippen LogP contribution in [0.15, 0.2) is 36.4 Å². The van der Waals surface area contributed by atoms with Crippen LogP contribution in [0.1, 0.15) is 40.1 Å². The Balaban J connectivity index is 1.94. The highest BCUT2D eigenvalue weighted by molar-refractivity contribution is 6.08. The van der Waals surface area contributed by atoms with E-state index in [1.54, 1.807) is 32.0 Å². The zero-order valence-corrected chi connectivity index (χ0v) is 18.6. The molecule has 0 spiro atoms. The van der Waals surface area contributed by atoms with Crippen molar-refractivity contribution in [1.82, 2.24) is 4.90 Å². The first-order chi connectivity index (χ1) is 15.3. The van der Waals surface area contributed by atoms with E-state index in [4.69, 9.17) is 4.74 Å². The maximum atomic E-state index is 13.1. The Bertz CT molecular complexity index is 1020. The fourth-order valence-corrected chi connectivity index (χ4v) is 3.82. The number of hydrogen-bond acceptors (Lipinski definition) is 7. The first-order valence-electron chi connectivity index (χ1n) is 10.7. The highest BCUT2D eigenvalue weighted by Crippen LogP contribution is 2.30. The molecular weight excluding hydrogens is 412 g/mol. The van der Waals surface area contributed by atoms with Crippen molar-refractivity contribution in [3.8, 4) is 0 Å². The molecule has 0 bridgehead atoms. The van der Waals surface area contributed by atoms with Crippen LogP contribution < -0.4 is 10.2 Å². The normalized spacial score (nSPS) is 14.2. The number of likely N-dealkylation sites (N-methyl/N-ethyl adjacent to an activating group) is 1. The van der Waals surface area contributed by atoms with Gasteiger partial charge in [-0.2, -0.15) is 0 Å². The molecule has 0 atom stereocenters. The van der Waals surface area contributed by atoms with Gasteiger partial charge in [-0.1, -0.05) is 13.0 Å². The van der Waals surface area contributed by atoms with Crippen molar-refractivity contribution < 1.29 is 19.2 Å². The third-order valence-corrected chi connectivity index (χ3v) is 5.66. The highest BCUT2D eigenvalue weighted by Gasteiger charge is 2.23. The fourth-order valence-electron chi connectivity index (χ4n) is 3.82. The van der Waals surface area contributed by atoms with Crippen molar-refractivity contribution in [2.24, 2.45) is 0 Å². The third kappa shape index (κ3) is 5.05. The van der Waals surface area contributed by atoms with Gasteiger partial charge in [0.05, 0.1) is 28.5 Å². The maximum Gasteiger partial charge on any atom is 0.338 e. The second-order valence-electron chi connectivity index (χ2n) is 7.53. The monoisotopic (exact) mass is 440 g/mol. The number of carbonyl (C=O) groups is 2. The van der Waals surface area contributed by atoms with Gasteiger partial charge in [0.2, 0.25) is 0 Å². The molecule has 1 amide bonds. The van der Waals surface area contributed by atoms with Crippen LogP contribution in [0.2, 0.25) is 0 Å². The largest absolute Gasteiger partial charge is 0.462 e.